The van der Waals surface area contributed by atoms with E-state index in [2.05, 4.69) is 4.98 Å². The molecule has 0 radical (unpaired) electrons. The zero-order valence-corrected chi connectivity index (χ0v) is 15.5. The van der Waals surface area contributed by atoms with E-state index in [9.17, 15) is 4.79 Å². The molecule has 0 saturated heterocycles. The van der Waals surface area contributed by atoms with Crippen molar-refractivity contribution in [3.05, 3.63) is 73.4 Å². The highest BCUT2D eigenvalue weighted by Gasteiger charge is 2.26. The third-order valence-electron chi connectivity index (χ3n) is 3.32. The number of imidazole rings is 1. The lowest BCUT2D eigenvalue weighted by molar-refractivity contribution is 0.0962. The second-order valence-electron chi connectivity index (χ2n) is 4.74. The molecule has 122 valence electrons. The van der Waals surface area contributed by atoms with E-state index in [1.807, 2.05) is 30.3 Å². The van der Waals surface area contributed by atoms with Crippen molar-refractivity contribution < 1.29 is 4.79 Å². The highest BCUT2D eigenvalue weighted by atomic mass is 35.5. The van der Waals surface area contributed by atoms with Gasteiger partial charge in [0, 0.05) is 18.0 Å². The normalized spacial score (nSPS) is 10.9. The fourth-order valence-corrected chi connectivity index (χ4v) is 3.48. The Morgan fingerprint density at radius 1 is 0.833 bits per heavy atom. The highest BCUT2D eigenvalue weighted by Crippen LogP contribution is 2.44. The molecule has 0 spiro atoms. The fourth-order valence-electron chi connectivity index (χ4n) is 2.18. The molecule has 0 fully saturated rings. The summed E-state index contributed by atoms with van der Waals surface area (Å²) in [6.07, 6.45) is 3.01. The van der Waals surface area contributed by atoms with Gasteiger partial charge in [0.05, 0.1) is 30.7 Å². The van der Waals surface area contributed by atoms with E-state index in [0.29, 0.717) is 5.82 Å². The van der Waals surface area contributed by atoms with Crippen molar-refractivity contribution in [2.45, 2.75) is 0 Å². The van der Waals surface area contributed by atoms with Crippen molar-refractivity contribution >= 4 is 63.9 Å². The molecule has 0 unspecified atom stereocenters. The minimum Gasteiger partial charge on any atom is -0.268 e. The Hall–Kier alpha value is -1.23. The van der Waals surface area contributed by atoms with E-state index in [1.54, 1.807) is 0 Å². The van der Waals surface area contributed by atoms with Gasteiger partial charge < -0.3 is 0 Å². The first-order valence-corrected chi connectivity index (χ1v) is 8.47. The number of nitrogens with zero attached hydrogens (tertiary/aromatic N) is 2. The van der Waals surface area contributed by atoms with Gasteiger partial charge in [-0.15, -0.1) is 0 Å². The molecule has 0 amide bonds. The van der Waals surface area contributed by atoms with Gasteiger partial charge in [-0.25, -0.2) is 4.98 Å². The number of aromatic nitrogens is 2. The van der Waals surface area contributed by atoms with Crippen molar-refractivity contribution in [3.63, 3.8) is 0 Å². The summed E-state index contributed by atoms with van der Waals surface area (Å²) < 4.78 is 1.32. The predicted molar refractivity (Wildman–Crippen MR) is 98.9 cm³/mol. The highest BCUT2D eigenvalue weighted by molar-refractivity contribution is 6.56. The van der Waals surface area contributed by atoms with Gasteiger partial charge >= 0.3 is 0 Å². The molecular formula is C16H7Cl5N2O. The first-order chi connectivity index (χ1) is 11.4. The quantitative estimate of drug-likeness (QED) is 0.350. The second kappa shape index (κ2) is 6.95. The van der Waals surface area contributed by atoms with Crippen LogP contribution in [-0.4, -0.2) is 15.5 Å². The third kappa shape index (κ3) is 2.92. The fraction of sp³-hybridized carbons (Fsp3) is 0. The van der Waals surface area contributed by atoms with E-state index in [0.717, 1.165) is 5.56 Å². The Balaban J connectivity index is 2.18. The van der Waals surface area contributed by atoms with Gasteiger partial charge in [-0.3, -0.25) is 9.36 Å². The van der Waals surface area contributed by atoms with Gasteiger partial charge in [-0.2, -0.15) is 0 Å². The Morgan fingerprint density at radius 3 is 1.96 bits per heavy atom. The summed E-state index contributed by atoms with van der Waals surface area (Å²) in [5, 5.41) is -0.184. The molecule has 0 saturated carbocycles. The van der Waals surface area contributed by atoms with Crippen LogP contribution in [0.2, 0.25) is 25.1 Å². The number of hydrogen-bond acceptors (Lipinski definition) is 2. The molecule has 3 aromatic rings. The molecular weight excluding hydrogens is 413 g/mol. The van der Waals surface area contributed by atoms with E-state index in [-0.39, 0.29) is 30.7 Å². The summed E-state index contributed by atoms with van der Waals surface area (Å²) in [6, 6.07) is 9.21. The van der Waals surface area contributed by atoms with Crippen LogP contribution >= 0.6 is 58.0 Å². The second-order valence-corrected chi connectivity index (χ2v) is 6.63. The van der Waals surface area contributed by atoms with Gasteiger partial charge in [-0.05, 0) is 0 Å². The molecule has 1 heterocycles. The van der Waals surface area contributed by atoms with Crippen LogP contribution in [0.25, 0.3) is 11.4 Å². The summed E-state index contributed by atoms with van der Waals surface area (Å²) in [7, 11) is 0. The van der Waals surface area contributed by atoms with Gasteiger partial charge in [0.2, 0.25) is 0 Å². The molecule has 0 bridgehead atoms. The molecule has 0 aliphatic heterocycles. The Kier molecular flexibility index (Phi) is 5.09. The standard InChI is InChI=1S/C16H7Cl5N2O/c17-10-9(11(18)13(20)14(21)12(10)19)16(24)23-7-6-22-15(23)8-4-2-1-3-5-8/h1-7H. The van der Waals surface area contributed by atoms with Gasteiger partial charge in [0.25, 0.3) is 5.91 Å². The maximum absolute atomic E-state index is 13.0. The van der Waals surface area contributed by atoms with Crippen LogP contribution < -0.4 is 0 Å². The average molecular weight is 421 g/mol. The summed E-state index contributed by atoms with van der Waals surface area (Å²) in [4.78, 5) is 17.2. The summed E-state index contributed by atoms with van der Waals surface area (Å²) in [5.41, 5.74) is 0.724. The zero-order valence-electron chi connectivity index (χ0n) is 11.7. The van der Waals surface area contributed by atoms with Crippen molar-refractivity contribution in [2.24, 2.45) is 0 Å². The van der Waals surface area contributed by atoms with Gasteiger partial charge in [-0.1, -0.05) is 88.3 Å². The Bertz CT molecular complexity index is 908. The molecule has 3 nitrogen and oxygen atoms in total. The van der Waals surface area contributed by atoms with Crippen molar-refractivity contribution in [3.8, 4) is 11.4 Å². The first-order valence-electron chi connectivity index (χ1n) is 6.58. The molecule has 0 N–H and O–H groups in total. The van der Waals surface area contributed by atoms with Crippen LogP contribution in [0.15, 0.2) is 42.7 Å². The van der Waals surface area contributed by atoms with E-state index >= 15 is 0 Å². The number of hydrogen-bond donors (Lipinski definition) is 0. The molecule has 0 atom stereocenters. The van der Waals surface area contributed by atoms with E-state index in [1.165, 1.54) is 17.0 Å². The number of halogens is 5. The summed E-state index contributed by atoms with van der Waals surface area (Å²) >= 11 is 30.4. The lowest BCUT2D eigenvalue weighted by atomic mass is 10.1. The Labute approximate surface area is 162 Å². The van der Waals surface area contributed by atoms with Crippen molar-refractivity contribution in [1.29, 1.82) is 0 Å². The number of benzene rings is 2. The van der Waals surface area contributed by atoms with Crippen LogP contribution in [0.4, 0.5) is 0 Å². The number of carbonyl (C=O) groups is 1. The summed E-state index contributed by atoms with van der Waals surface area (Å²) in [5.74, 6) is -0.0725. The van der Waals surface area contributed by atoms with Crippen LogP contribution in [-0.2, 0) is 0 Å². The SMILES string of the molecule is O=C(c1c(Cl)c(Cl)c(Cl)c(Cl)c1Cl)n1ccnc1-c1ccccc1. The molecule has 0 aliphatic carbocycles. The van der Waals surface area contributed by atoms with E-state index in [4.69, 9.17) is 58.0 Å². The molecule has 1 aromatic heterocycles. The van der Waals surface area contributed by atoms with Gasteiger partial charge in [0.1, 0.15) is 5.82 Å². The third-order valence-corrected chi connectivity index (χ3v) is 5.59. The minimum atomic E-state index is -0.512. The zero-order chi connectivity index (χ0) is 17.4. The first kappa shape index (κ1) is 17.6. The molecule has 2 aromatic carbocycles. The molecule has 0 aliphatic rings. The van der Waals surface area contributed by atoms with Crippen LogP contribution in [0.3, 0.4) is 0 Å². The predicted octanol–water partition coefficient (Wildman–Crippen LogP) is 6.51. The maximum Gasteiger partial charge on any atom is 0.266 e. The number of rotatable bonds is 2. The smallest absolute Gasteiger partial charge is 0.266 e. The topological polar surface area (TPSA) is 34.9 Å². The largest absolute Gasteiger partial charge is 0.268 e. The van der Waals surface area contributed by atoms with Crippen LogP contribution in [0.1, 0.15) is 10.4 Å². The molecule has 3 rings (SSSR count). The van der Waals surface area contributed by atoms with Crippen molar-refractivity contribution in [1.82, 2.24) is 9.55 Å². The monoisotopic (exact) mass is 418 g/mol. The van der Waals surface area contributed by atoms with Crippen molar-refractivity contribution in [2.75, 3.05) is 0 Å². The lowest BCUT2D eigenvalue weighted by Gasteiger charge is -2.13. The average Bonchev–Trinajstić information content (AvgIpc) is 3.09. The molecule has 24 heavy (non-hydrogen) atoms. The minimum absolute atomic E-state index is 0.00111. The van der Waals surface area contributed by atoms with Crippen LogP contribution in [0.5, 0.6) is 0 Å². The van der Waals surface area contributed by atoms with Crippen LogP contribution in [0, 0.1) is 0 Å². The van der Waals surface area contributed by atoms with E-state index < -0.39 is 5.91 Å². The number of carbonyl (C=O) groups excluding carboxylic acids is 1. The summed E-state index contributed by atoms with van der Waals surface area (Å²) in [6.45, 7) is 0. The lowest BCUT2D eigenvalue weighted by Crippen LogP contribution is -2.14. The molecule has 8 heteroatoms. The Morgan fingerprint density at radius 2 is 1.38 bits per heavy atom. The van der Waals surface area contributed by atoms with Gasteiger partial charge in [0.15, 0.2) is 0 Å². The maximum atomic E-state index is 13.0.